The van der Waals surface area contributed by atoms with Crippen molar-refractivity contribution < 1.29 is 0 Å². The van der Waals surface area contributed by atoms with E-state index in [1.165, 1.54) is 0 Å². The van der Waals surface area contributed by atoms with Crippen LogP contribution in [-0.4, -0.2) is 14.8 Å². The van der Waals surface area contributed by atoms with Gasteiger partial charge in [0.05, 0.1) is 16.9 Å². The van der Waals surface area contributed by atoms with Gasteiger partial charge in [0, 0.05) is 31.5 Å². The highest BCUT2D eigenvalue weighted by Crippen LogP contribution is 2.25. The molecule has 2 aromatic rings. The predicted molar refractivity (Wildman–Crippen MR) is 59.3 cm³/mol. The van der Waals surface area contributed by atoms with Crippen molar-refractivity contribution in [2.24, 2.45) is 12.8 Å². The average molecular weight is 223 g/mol. The number of pyridine rings is 1. The van der Waals surface area contributed by atoms with E-state index in [0.717, 1.165) is 16.8 Å². The van der Waals surface area contributed by atoms with Gasteiger partial charge in [-0.1, -0.05) is 11.6 Å². The molecule has 15 heavy (non-hydrogen) atoms. The third-order valence-corrected chi connectivity index (χ3v) is 2.40. The van der Waals surface area contributed by atoms with Crippen molar-refractivity contribution in [3.05, 3.63) is 35.2 Å². The Kier molecular flexibility index (Phi) is 2.70. The molecular weight excluding hydrogens is 212 g/mol. The van der Waals surface area contributed by atoms with Crippen molar-refractivity contribution in [1.29, 1.82) is 0 Å². The van der Waals surface area contributed by atoms with Gasteiger partial charge in [0.15, 0.2) is 0 Å². The minimum atomic E-state index is 0.444. The molecule has 0 aliphatic carbocycles. The third kappa shape index (κ3) is 2.00. The second-order valence-electron chi connectivity index (χ2n) is 3.28. The Bertz CT molecular complexity index is 478. The van der Waals surface area contributed by atoms with E-state index in [0.29, 0.717) is 11.6 Å². The van der Waals surface area contributed by atoms with E-state index in [9.17, 15) is 0 Å². The average Bonchev–Trinajstić information content (AvgIpc) is 2.64. The van der Waals surface area contributed by atoms with Gasteiger partial charge in [-0.3, -0.25) is 9.67 Å². The van der Waals surface area contributed by atoms with E-state index in [2.05, 4.69) is 10.1 Å². The van der Waals surface area contributed by atoms with Gasteiger partial charge in [-0.25, -0.2) is 0 Å². The molecule has 0 saturated carbocycles. The summed E-state index contributed by atoms with van der Waals surface area (Å²) in [4.78, 5) is 4.27. The third-order valence-electron chi connectivity index (χ3n) is 2.11. The number of rotatable bonds is 2. The second-order valence-corrected chi connectivity index (χ2v) is 3.69. The fourth-order valence-electron chi connectivity index (χ4n) is 1.35. The zero-order valence-corrected chi connectivity index (χ0v) is 9.07. The Morgan fingerprint density at radius 2 is 2.27 bits per heavy atom. The summed E-state index contributed by atoms with van der Waals surface area (Å²) in [7, 11) is 1.85. The van der Waals surface area contributed by atoms with Crippen LogP contribution < -0.4 is 5.73 Å². The molecule has 2 N–H and O–H groups in total. The molecule has 2 rings (SSSR count). The Morgan fingerprint density at radius 3 is 2.80 bits per heavy atom. The monoisotopic (exact) mass is 222 g/mol. The SMILES string of the molecule is Cn1cc(-c2ncc(CN)cc2Cl)cn1. The van der Waals surface area contributed by atoms with E-state index in [-0.39, 0.29) is 0 Å². The van der Waals surface area contributed by atoms with Crippen molar-refractivity contribution in [3.8, 4) is 11.3 Å². The van der Waals surface area contributed by atoms with Crippen molar-refractivity contribution in [1.82, 2.24) is 14.8 Å². The van der Waals surface area contributed by atoms with Crippen LogP contribution in [-0.2, 0) is 13.6 Å². The lowest BCUT2D eigenvalue weighted by Gasteiger charge is -2.02. The Hall–Kier alpha value is -1.39. The van der Waals surface area contributed by atoms with Crippen molar-refractivity contribution in [2.45, 2.75) is 6.54 Å². The minimum absolute atomic E-state index is 0.444. The van der Waals surface area contributed by atoms with Crippen LogP contribution in [0.15, 0.2) is 24.7 Å². The Balaban J connectivity index is 2.45. The molecule has 0 aromatic carbocycles. The van der Waals surface area contributed by atoms with E-state index in [1.54, 1.807) is 17.1 Å². The molecule has 0 unspecified atom stereocenters. The zero-order chi connectivity index (χ0) is 10.8. The molecule has 0 fully saturated rings. The van der Waals surface area contributed by atoms with Crippen molar-refractivity contribution >= 4 is 11.6 Å². The first-order valence-electron chi connectivity index (χ1n) is 4.54. The summed E-state index contributed by atoms with van der Waals surface area (Å²) < 4.78 is 1.71. The van der Waals surface area contributed by atoms with Gasteiger partial charge in [0.2, 0.25) is 0 Å². The van der Waals surface area contributed by atoms with Gasteiger partial charge in [-0.2, -0.15) is 5.10 Å². The van der Waals surface area contributed by atoms with E-state index >= 15 is 0 Å². The maximum Gasteiger partial charge on any atom is 0.0919 e. The highest BCUT2D eigenvalue weighted by Gasteiger charge is 2.07. The topological polar surface area (TPSA) is 56.7 Å². The lowest BCUT2D eigenvalue weighted by molar-refractivity contribution is 0.768. The summed E-state index contributed by atoms with van der Waals surface area (Å²) >= 11 is 6.10. The highest BCUT2D eigenvalue weighted by atomic mass is 35.5. The summed E-state index contributed by atoms with van der Waals surface area (Å²) in [6.45, 7) is 0.444. The quantitative estimate of drug-likeness (QED) is 0.840. The number of aryl methyl sites for hydroxylation is 1. The molecule has 0 radical (unpaired) electrons. The lowest BCUT2D eigenvalue weighted by Crippen LogP contribution is -1.97. The van der Waals surface area contributed by atoms with Gasteiger partial charge >= 0.3 is 0 Å². The van der Waals surface area contributed by atoms with Gasteiger partial charge in [0.1, 0.15) is 0 Å². The Labute approximate surface area is 92.7 Å². The molecule has 78 valence electrons. The normalized spacial score (nSPS) is 10.6. The molecule has 0 saturated heterocycles. The van der Waals surface area contributed by atoms with Crippen molar-refractivity contribution in [3.63, 3.8) is 0 Å². The summed E-state index contributed by atoms with van der Waals surface area (Å²) in [5, 5.41) is 4.67. The van der Waals surface area contributed by atoms with Crippen LogP contribution >= 0.6 is 11.6 Å². The van der Waals surface area contributed by atoms with Crippen LogP contribution in [0.4, 0.5) is 0 Å². The standard InChI is InChI=1S/C10H11ClN4/c1-15-6-8(5-14-15)10-9(11)2-7(3-12)4-13-10/h2,4-6H,3,12H2,1H3. The van der Waals surface area contributed by atoms with Crippen molar-refractivity contribution in [2.75, 3.05) is 0 Å². The molecule has 4 nitrogen and oxygen atoms in total. The predicted octanol–water partition coefficient (Wildman–Crippen LogP) is 1.59. The van der Waals surface area contributed by atoms with Gasteiger partial charge in [-0.15, -0.1) is 0 Å². The van der Waals surface area contributed by atoms with Gasteiger partial charge in [0.25, 0.3) is 0 Å². The first-order valence-corrected chi connectivity index (χ1v) is 4.92. The van der Waals surface area contributed by atoms with E-state index in [1.807, 2.05) is 19.3 Å². The maximum absolute atomic E-state index is 6.10. The number of nitrogens with two attached hydrogens (primary N) is 1. The molecule has 0 aliphatic heterocycles. The summed E-state index contributed by atoms with van der Waals surface area (Å²) in [6, 6.07) is 1.83. The number of nitrogens with zero attached hydrogens (tertiary/aromatic N) is 3. The smallest absolute Gasteiger partial charge is 0.0919 e. The number of aromatic nitrogens is 3. The molecule has 5 heteroatoms. The molecule has 0 aliphatic rings. The molecule has 0 amide bonds. The summed E-state index contributed by atoms with van der Waals surface area (Å²) in [6.07, 6.45) is 5.33. The largest absolute Gasteiger partial charge is 0.326 e. The van der Waals surface area contributed by atoms with Crippen LogP contribution in [0, 0.1) is 0 Å². The van der Waals surface area contributed by atoms with E-state index < -0.39 is 0 Å². The molecule has 2 aromatic heterocycles. The minimum Gasteiger partial charge on any atom is -0.326 e. The zero-order valence-electron chi connectivity index (χ0n) is 8.31. The molecule has 0 atom stereocenters. The molecule has 2 heterocycles. The van der Waals surface area contributed by atoms with E-state index in [4.69, 9.17) is 17.3 Å². The van der Waals surface area contributed by atoms with Crippen LogP contribution in [0.2, 0.25) is 5.02 Å². The number of halogens is 1. The number of hydrogen-bond donors (Lipinski definition) is 1. The second kappa shape index (κ2) is 4.00. The van der Waals surface area contributed by atoms with Gasteiger partial charge in [-0.05, 0) is 11.6 Å². The van der Waals surface area contributed by atoms with Crippen LogP contribution in [0.25, 0.3) is 11.3 Å². The van der Waals surface area contributed by atoms with Crippen LogP contribution in [0.3, 0.4) is 0 Å². The van der Waals surface area contributed by atoms with Crippen LogP contribution in [0.1, 0.15) is 5.56 Å². The van der Waals surface area contributed by atoms with Crippen LogP contribution in [0.5, 0.6) is 0 Å². The first kappa shape index (κ1) is 10.1. The fraction of sp³-hybridized carbons (Fsp3) is 0.200. The summed E-state index contributed by atoms with van der Waals surface area (Å²) in [5.74, 6) is 0. The number of hydrogen-bond acceptors (Lipinski definition) is 3. The molecule has 0 bridgehead atoms. The first-order chi connectivity index (χ1) is 7.20. The fourth-order valence-corrected chi connectivity index (χ4v) is 1.64. The lowest BCUT2D eigenvalue weighted by atomic mass is 10.2. The Morgan fingerprint density at radius 1 is 1.47 bits per heavy atom. The molecule has 0 spiro atoms. The highest BCUT2D eigenvalue weighted by molar-refractivity contribution is 6.33. The maximum atomic E-state index is 6.10. The summed E-state index contributed by atoms with van der Waals surface area (Å²) in [5.41, 5.74) is 8.07. The van der Waals surface area contributed by atoms with Gasteiger partial charge < -0.3 is 5.73 Å². The molecular formula is C10H11ClN4.